The maximum atomic E-state index is 13.0. The van der Waals surface area contributed by atoms with Gasteiger partial charge in [0, 0.05) is 55.3 Å². The first kappa shape index (κ1) is 23.5. The highest BCUT2D eigenvalue weighted by molar-refractivity contribution is 6.32. The molecule has 0 saturated carbocycles. The minimum atomic E-state index is -0.532. The van der Waals surface area contributed by atoms with E-state index < -0.39 is 5.60 Å². The Labute approximate surface area is 199 Å². The summed E-state index contributed by atoms with van der Waals surface area (Å²) in [7, 11) is 0. The van der Waals surface area contributed by atoms with Gasteiger partial charge in [-0.1, -0.05) is 11.6 Å². The van der Waals surface area contributed by atoms with Gasteiger partial charge in [0.1, 0.15) is 11.4 Å². The van der Waals surface area contributed by atoms with E-state index in [9.17, 15) is 9.59 Å². The number of Topliss-reactive ketones (excluding diaryl/α,β-unsaturated/α-hetero) is 1. The third-order valence-corrected chi connectivity index (χ3v) is 7.17. The summed E-state index contributed by atoms with van der Waals surface area (Å²) >= 11 is 6.35. The molecule has 1 N–H and O–H groups in total. The molecule has 176 valence electrons. The number of ether oxygens (including phenoxy) is 1. The predicted molar refractivity (Wildman–Crippen MR) is 128 cm³/mol. The van der Waals surface area contributed by atoms with Crippen LogP contribution in [0.25, 0.3) is 0 Å². The second kappa shape index (κ2) is 9.29. The van der Waals surface area contributed by atoms with E-state index in [0.717, 1.165) is 22.5 Å². The maximum Gasteiger partial charge on any atom is 0.223 e. The third kappa shape index (κ3) is 4.98. The molecule has 4 rings (SSSR count). The maximum absolute atomic E-state index is 13.0. The van der Waals surface area contributed by atoms with Crippen molar-refractivity contribution in [1.82, 2.24) is 14.9 Å². The Morgan fingerprint density at radius 1 is 1.15 bits per heavy atom. The van der Waals surface area contributed by atoms with Gasteiger partial charge in [0.25, 0.3) is 0 Å². The Kier molecular flexibility index (Phi) is 6.61. The Hall–Kier alpha value is -2.67. The van der Waals surface area contributed by atoms with Crippen molar-refractivity contribution >= 4 is 29.2 Å². The molecule has 0 bridgehead atoms. The van der Waals surface area contributed by atoms with E-state index in [2.05, 4.69) is 15.3 Å². The van der Waals surface area contributed by atoms with Crippen LogP contribution in [0.2, 0.25) is 5.02 Å². The van der Waals surface area contributed by atoms with Crippen molar-refractivity contribution in [3.8, 4) is 5.75 Å². The van der Waals surface area contributed by atoms with Crippen molar-refractivity contribution in [3.63, 3.8) is 0 Å². The number of amides is 1. The number of carbonyl (C=O) groups is 2. The molecule has 7 nitrogen and oxygen atoms in total. The van der Waals surface area contributed by atoms with E-state index in [1.807, 2.05) is 44.7 Å². The zero-order valence-electron chi connectivity index (χ0n) is 19.8. The van der Waals surface area contributed by atoms with Crippen LogP contribution < -0.4 is 10.1 Å². The Balaban J connectivity index is 1.29. The Morgan fingerprint density at radius 3 is 2.48 bits per heavy atom. The number of benzene rings is 1. The number of carbonyl (C=O) groups excluding carboxylic acids is 2. The van der Waals surface area contributed by atoms with Crippen molar-refractivity contribution in [3.05, 3.63) is 45.2 Å². The van der Waals surface area contributed by atoms with Gasteiger partial charge in [-0.05, 0) is 57.4 Å². The molecule has 0 unspecified atom stereocenters. The molecule has 2 aromatic rings. The van der Waals surface area contributed by atoms with Gasteiger partial charge >= 0.3 is 0 Å². The van der Waals surface area contributed by atoms with Crippen LogP contribution in [0.4, 0.5) is 5.95 Å². The molecule has 0 atom stereocenters. The van der Waals surface area contributed by atoms with Gasteiger partial charge in [-0.3, -0.25) is 9.59 Å². The van der Waals surface area contributed by atoms with E-state index in [0.29, 0.717) is 74.0 Å². The molecule has 0 aliphatic carbocycles. The smallest absolute Gasteiger partial charge is 0.223 e. The van der Waals surface area contributed by atoms with Gasteiger partial charge in [-0.2, -0.15) is 0 Å². The number of hydrogen-bond acceptors (Lipinski definition) is 6. The summed E-state index contributed by atoms with van der Waals surface area (Å²) in [6.45, 7) is 9.50. The predicted octanol–water partition coefficient (Wildman–Crippen LogP) is 4.58. The zero-order valence-corrected chi connectivity index (χ0v) is 20.5. The topological polar surface area (TPSA) is 84.4 Å². The molecule has 1 fully saturated rings. The van der Waals surface area contributed by atoms with Crippen LogP contribution in [0.15, 0.2) is 12.1 Å². The van der Waals surface area contributed by atoms with Crippen molar-refractivity contribution < 1.29 is 14.3 Å². The summed E-state index contributed by atoms with van der Waals surface area (Å²) in [4.78, 5) is 36.3. The van der Waals surface area contributed by atoms with Gasteiger partial charge in [0.05, 0.1) is 12.0 Å². The van der Waals surface area contributed by atoms with Gasteiger partial charge in [-0.15, -0.1) is 0 Å². The van der Waals surface area contributed by atoms with E-state index in [-0.39, 0.29) is 11.7 Å². The molecule has 1 aromatic heterocycles. The fourth-order valence-electron chi connectivity index (χ4n) is 4.85. The quantitative estimate of drug-likeness (QED) is 0.644. The van der Waals surface area contributed by atoms with Gasteiger partial charge in [0.2, 0.25) is 11.9 Å². The number of nitrogens with zero attached hydrogens (tertiary/aromatic N) is 3. The lowest BCUT2D eigenvalue weighted by atomic mass is 9.81. The summed E-state index contributed by atoms with van der Waals surface area (Å²) in [6.07, 6.45) is 2.81. The lowest BCUT2D eigenvalue weighted by Crippen LogP contribution is -2.52. The molecule has 8 heteroatoms. The number of aromatic nitrogens is 2. The minimum Gasteiger partial charge on any atom is -0.486 e. The third-order valence-electron chi connectivity index (χ3n) is 6.59. The second-order valence-electron chi connectivity index (χ2n) is 9.28. The molecule has 1 amide bonds. The van der Waals surface area contributed by atoms with Gasteiger partial charge in [-0.25, -0.2) is 9.97 Å². The first-order valence-electron chi connectivity index (χ1n) is 11.5. The SMILES string of the molecule is Cc1cc(C)nc(NCCCC(=O)N2CCC3(CC2)CC(=O)c2c(cc(C)c(Cl)c2C)O3)n1. The molecule has 2 aliphatic heterocycles. The number of halogens is 1. The summed E-state index contributed by atoms with van der Waals surface area (Å²) in [5, 5.41) is 3.82. The average Bonchev–Trinajstić information content (AvgIpc) is 2.74. The number of aryl methyl sites for hydroxylation is 3. The lowest BCUT2D eigenvalue weighted by Gasteiger charge is -2.44. The van der Waals surface area contributed by atoms with Crippen LogP contribution in [0.3, 0.4) is 0 Å². The number of ketones is 1. The number of likely N-dealkylation sites (tertiary alicyclic amines) is 1. The highest BCUT2D eigenvalue weighted by Crippen LogP contribution is 2.43. The minimum absolute atomic E-state index is 0.0788. The highest BCUT2D eigenvalue weighted by Gasteiger charge is 2.44. The van der Waals surface area contributed by atoms with E-state index >= 15 is 0 Å². The van der Waals surface area contributed by atoms with E-state index in [1.165, 1.54) is 0 Å². The summed E-state index contributed by atoms with van der Waals surface area (Å²) < 4.78 is 6.40. The first-order valence-corrected chi connectivity index (χ1v) is 11.9. The normalized spacial score (nSPS) is 17.0. The number of nitrogens with one attached hydrogen (secondary N) is 1. The Bertz CT molecular complexity index is 1070. The molecule has 1 saturated heterocycles. The van der Waals surface area contributed by atoms with Crippen molar-refractivity contribution in [2.45, 2.75) is 65.4 Å². The first-order chi connectivity index (χ1) is 15.7. The fraction of sp³-hybridized carbons (Fsp3) is 0.520. The van der Waals surface area contributed by atoms with Crippen LogP contribution in [-0.2, 0) is 4.79 Å². The highest BCUT2D eigenvalue weighted by atomic mass is 35.5. The largest absolute Gasteiger partial charge is 0.486 e. The van der Waals surface area contributed by atoms with Crippen LogP contribution in [0.5, 0.6) is 5.75 Å². The van der Waals surface area contributed by atoms with Crippen LogP contribution in [0, 0.1) is 27.7 Å². The van der Waals surface area contributed by atoms with Crippen molar-refractivity contribution in [1.29, 1.82) is 0 Å². The molecular weight excluding hydrogens is 440 g/mol. The summed E-state index contributed by atoms with van der Waals surface area (Å²) in [6, 6.07) is 3.80. The number of piperidine rings is 1. The summed E-state index contributed by atoms with van der Waals surface area (Å²) in [5.74, 6) is 1.44. The molecule has 33 heavy (non-hydrogen) atoms. The molecule has 0 radical (unpaired) electrons. The van der Waals surface area contributed by atoms with E-state index in [1.54, 1.807) is 0 Å². The molecular formula is C25H31ClN4O3. The molecule has 1 spiro atoms. The second-order valence-corrected chi connectivity index (χ2v) is 9.65. The van der Waals surface area contributed by atoms with Crippen LogP contribution >= 0.6 is 11.6 Å². The number of anilines is 1. The fourth-order valence-corrected chi connectivity index (χ4v) is 4.99. The zero-order chi connectivity index (χ0) is 23.8. The molecule has 2 aliphatic rings. The number of hydrogen-bond donors (Lipinski definition) is 1. The van der Waals surface area contributed by atoms with Crippen LogP contribution in [-0.4, -0.2) is 51.8 Å². The monoisotopic (exact) mass is 470 g/mol. The van der Waals surface area contributed by atoms with E-state index in [4.69, 9.17) is 16.3 Å². The number of rotatable bonds is 5. The standard InChI is InChI=1S/C25H31ClN4O3/c1-15-12-20-22(18(4)23(15)26)19(31)14-25(33-20)7-10-30(11-8-25)21(32)6-5-9-27-24-28-16(2)13-17(3)29-24/h12-13H,5-11,14H2,1-4H3,(H,27,28,29). The van der Waals surface area contributed by atoms with Crippen molar-refractivity contribution in [2.24, 2.45) is 0 Å². The van der Waals surface area contributed by atoms with Gasteiger partial charge < -0.3 is 15.0 Å². The lowest BCUT2D eigenvalue weighted by molar-refractivity contribution is -0.134. The molecule has 3 heterocycles. The number of fused-ring (bicyclic) bond motifs is 1. The van der Waals surface area contributed by atoms with Gasteiger partial charge in [0.15, 0.2) is 5.78 Å². The molecule has 1 aromatic carbocycles. The Morgan fingerprint density at radius 2 is 1.82 bits per heavy atom. The van der Waals surface area contributed by atoms with Crippen molar-refractivity contribution in [2.75, 3.05) is 25.0 Å². The summed E-state index contributed by atoms with van der Waals surface area (Å²) in [5.41, 5.74) is 3.61. The van der Waals surface area contributed by atoms with Crippen LogP contribution in [0.1, 0.15) is 65.0 Å². The average molecular weight is 471 g/mol.